The zero-order chi connectivity index (χ0) is 22.1. The number of aryl methyl sites for hydroxylation is 3. The summed E-state index contributed by atoms with van der Waals surface area (Å²) in [6, 6.07) is 5.86. The van der Waals surface area contributed by atoms with E-state index in [0.29, 0.717) is 5.56 Å². The third-order valence-corrected chi connectivity index (χ3v) is 6.25. The van der Waals surface area contributed by atoms with Gasteiger partial charge >= 0.3 is 5.97 Å². The van der Waals surface area contributed by atoms with Crippen LogP contribution in [0.25, 0.3) is 11.0 Å². The van der Waals surface area contributed by atoms with E-state index in [2.05, 4.69) is 4.57 Å². The standard InChI is InChI=1S/C25H29NO5/c1-15-8-22-19(13-30-24(22)9-16(15)2)11-25(28)31-14-23(27)21-10-17(3)26(18(21)4)12-20-6-5-7-29-20/h8-10,13,20H,5-7,11-12,14H2,1-4H3/t20-/m0/s1. The van der Waals surface area contributed by atoms with Crippen LogP contribution in [0.2, 0.25) is 0 Å². The fourth-order valence-electron chi connectivity index (χ4n) is 4.26. The average molecular weight is 424 g/mol. The van der Waals surface area contributed by atoms with E-state index in [1.807, 2.05) is 45.9 Å². The summed E-state index contributed by atoms with van der Waals surface area (Å²) in [6.45, 7) is 9.24. The van der Waals surface area contributed by atoms with Crippen molar-refractivity contribution < 1.29 is 23.5 Å². The van der Waals surface area contributed by atoms with E-state index in [4.69, 9.17) is 13.9 Å². The highest BCUT2D eigenvalue weighted by atomic mass is 16.5. The lowest BCUT2D eigenvalue weighted by atomic mass is 10.0. The normalized spacial score (nSPS) is 16.2. The zero-order valence-corrected chi connectivity index (χ0v) is 18.6. The molecule has 1 aromatic carbocycles. The van der Waals surface area contributed by atoms with Gasteiger partial charge < -0.3 is 18.5 Å². The van der Waals surface area contributed by atoms with Crippen molar-refractivity contribution in [1.82, 2.24) is 4.57 Å². The van der Waals surface area contributed by atoms with E-state index in [0.717, 1.165) is 65.0 Å². The minimum atomic E-state index is -0.442. The molecule has 0 saturated carbocycles. The van der Waals surface area contributed by atoms with Crippen LogP contribution >= 0.6 is 0 Å². The van der Waals surface area contributed by atoms with Crippen molar-refractivity contribution in [2.75, 3.05) is 13.2 Å². The Kier molecular flexibility index (Phi) is 6.01. The van der Waals surface area contributed by atoms with Crippen molar-refractivity contribution in [1.29, 1.82) is 0 Å². The van der Waals surface area contributed by atoms with Crippen LogP contribution < -0.4 is 0 Å². The van der Waals surface area contributed by atoms with Crippen LogP contribution in [0.4, 0.5) is 0 Å². The van der Waals surface area contributed by atoms with Gasteiger partial charge in [-0.05, 0) is 69.9 Å². The Morgan fingerprint density at radius 1 is 1.13 bits per heavy atom. The van der Waals surface area contributed by atoms with Gasteiger partial charge in [-0.1, -0.05) is 0 Å². The zero-order valence-electron chi connectivity index (χ0n) is 18.6. The molecule has 0 spiro atoms. The van der Waals surface area contributed by atoms with Crippen molar-refractivity contribution in [3.63, 3.8) is 0 Å². The predicted molar refractivity (Wildman–Crippen MR) is 118 cm³/mol. The van der Waals surface area contributed by atoms with Crippen molar-refractivity contribution in [3.8, 4) is 0 Å². The topological polar surface area (TPSA) is 70.7 Å². The quantitative estimate of drug-likeness (QED) is 0.410. The second-order valence-electron chi connectivity index (χ2n) is 8.48. The maximum Gasteiger partial charge on any atom is 0.310 e. The van der Waals surface area contributed by atoms with Crippen LogP contribution in [0.3, 0.4) is 0 Å². The Morgan fingerprint density at radius 3 is 2.65 bits per heavy atom. The van der Waals surface area contributed by atoms with Crippen LogP contribution in [0.1, 0.15) is 51.3 Å². The SMILES string of the molecule is Cc1cc2occ(CC(=O)OCC(=O)c3cc(C)n(C[C@@H]4CCCO4)c3C)c2cc1C. The first-order chi connectivity index (χ1) is 14.8. The second-order valence-corrected chi connectivity index (χ2v) is 8.48. The molecule has 1 atom stereocenters. The van der Waals surface area contributed by atoms with Crippen LogP contribution in [0, 0.1) is 27.7 Å². The van der Waals surface area contributed by atoms with Crippen molar-refractivity contribution in [2.24, 2.45) is 0 Å². The first-order valence-electron chi connectivity index (χ1n) is 10.8. The lowest BCUT2D eigenvalue weighted by Gasteiger charge is -2.14. The highest BCUT2D eigenvalue weighted by Crippen LogP contribution is 2.25. The lowest BCUT2D eigenvalue weighted by Crippen LogP contribution is -2.18. The maximum absolute atomic E-state index is 12.7. The molecule has 0 bridgehead atoms. The molecule has 31 heavy (non-hydrogen) atoms. The Labute approximate surface area is 182 Å². The van der Waals surface area contributed by atoms with Gasteiger partial charge in [-0.25, -0.2) is 0 Å². The highest BCUT2D eigenvalue weighted by Gasteiger charge is 2.22. The number of hydrogen-bond acceptors (Lipinski definition) is 5. The molecular weight excluding hydrogens is 394 g/mol. The summed E-state index contributed by atoms with van der Waals surface area (Å²) in [5, 5.41) is 0.907. The molecule has 0 unspecified atom stereocenters. The summed E-state index contributed by atoms with van der Waals surface area (Å²) in [5.41, 5.74) is 6.30. The van der Waals surface area contributed by atoms with E-state index >= 15 is 0 Å². The molecule has 4 rings (SSSR count). The van der Waals surface area contributed by atoms with Gasteiger partial charge in [0.2, 0.25) is 5.78 Å². The first-order valence-corrected chi connectivity index (χ1v) is 10.8. The third kappa shape index (κ3) is 4.44. The number of rotatable bonds is 7. The van der Waals surface area contributed by atoms with Gasteiger partial charge in [0.25, 0.3) is 0 Å². The molecule has 3 aromatic rings. The summed E-state index contributed by atoms with van der Waals surface area (Å²) in [7, 11) is 0. The number of esters is 1. The smallest absolute Gasteiger partial charge is 0.310 e. The number of nitrogens with zero attached hydrogens (tertiary/aromatic N) is 1. The fraction of sp³-hybridized carbons (Fsp3) is 0.440. The number of ether oxygens (including phenoxy) is 2. The number of hydrogen-bond donors (Lipinski definition) is 0. The number of Topliss-reactive ketones (excluding diaryl/α,β-unsaturated/α-hetero) is 1. The Balaban J connectivity index is 1.39. The Hall–Kier alpha value is -2.86. The van der Waals surface area contributed by atoms with Crippen molar-refractivity contribution in [2.45, 2.75) is 59.6 Å². The number of furan rings is 1. The molecule has 3 heterocycles. The van der Waals surface area contributed by atoms with Gasteiger partial charge in [-0.3, -0.25) is 9.59 Å². The molecule has 6 nitrogen and oxygen atoms in total. The predicted octanol–water partition coefficient (Wildman–Crippen LogP) is 4.62. The monoisotopic (exact) mass is 423 g/mol. The first kappa shape index (κ1) is 21.4. The summed E-state index contributed by atoms with van der Waals surface area (Å²) in [5.74, 6) is -0.633. The largest absolute Gasteiger partial charge is 0.464 e. The van der Waals surface area contributed by atoms with Gasteiger partial charge in [-0.2, -0.15) is 0 Å². The van der Waals surface area contributed by atoms with Gasteiger partial charge in [-0.15, -0.1) is 0 Å². The summed E-state index contributed by atoms with van der Waals surface area (Å²) in [4.78, 5) is 25.1. The second kappa shape index (κ2) is 8.71. The van der Waals surface area contributed by atoms with E-state index < -0.39 is 5.97 Å². The molecule has 0 radical (unpaired) electrons. The summed E-state index contributed by atoms with van der Waals surface area (Å²) >= 11 is 0. The van der Waals surface area contributed by atoms with E-state index in [1.165, 1.54) is 0 Å². The minimum Gasteiger partial charge on any atom is -0.464 e. The van der Waals surface area contributed by atoms with Gasteiger partial charge in [0, 0.05) is 41.1 Å². The van der Waals surface area contributed by atoms with E-state index in [1.54, 1.807) is 6.26 Å². The molecule has 0 N–H and O–H groups in total. The van der Waals surface area contributed by atoms with Crippen molar-refractivity contribution in [3.05, 3.63) is 58.1 Å². The number of ketones is 1. The van der Waals surface area contributed by atoms with Gasteiger partial charge in [0.15, 0.2) is 6.61 Å². The maximum atomic E-state index is 12.7. The molecule has 0 amide bonds. The highest BCUT2D eigenvalue weighted by molar-refractivity contribution is 5.99. The number of carbonyl (C=O) groups excluding carboxylic acids is 2. The van der Waals surface area contributed by atoms with Crippen LogP contribution in [-0.2, 0) is 27.2 Å². The molecule has 1 fully saturated rings. The van der Waals surface area contributed by atoms with Gasteiger partial charge in [0.1, 0.15) is 5.58 Å². The van der Waals surface area contributed by atoms with Crippen molar-refractivity contribution >= 4 is 22.7 Å². The molecular formula is C25H29NO5. The molecule has 0 aliphatic carbocycles. The molecule has 1 aliphatic heterocycles. The third-order valence-electron chi connectivity index (χ3n) is 6.25. The molecule has 164 valence electrons. The number of fused-ring (bicyclic) bond motifs is 1. The van der Waals surface area contributed by atoms with E-state index in [9.17, 15) is 9.59 Å². The minimum absolute atomic E-state index is 0.0703. The number of aromatic nitrogens is 1. The molecule has 6 heteroatoms. The van der Waals surface area contributed by atoms with Crippen LogP contribution in [0.15, 0.2) is 28.9 Å². The molecule has 2 aromatic heterocycles. The lowest BCUT2D eigenvalue weighted by molar-refractivity contribution is -0.141. The molecule has 1 saturated heterocycles. The Morgan fingerprint density at radius 2 is 1.90 bits per heavy atom. The fourth-order valence-corrected chi connectivity index (χ4v) is 4.26. The summed E-state index contributed by atoms with van der Waals surface area (Å²) in [6.07, 6.45) is 3.98. The van der Waals surface area contributed by atoms with E-state index in [-0.39, 0.29) is 24.9 Å². The number of carbonyl (C=O) groups is 2. The summed E-state index contributed by atoms with van der Waals surface area (Å²) < 4.78 is 18.7. The molecule has 1 aliphatic rings. The van der Waals surface area contributed by atoms with Gasteiger partial charge in [0.05, 0.1) is 18.8 Å². The number of benzene rings is 1. The van der Waals surface area contributed by atoms with Crippen LogP contribution in [0.5, 0.6) is 0 Å². The average Bonchev–Trinajstić information content (AvgIpc) is 3.44. The Bertz CT molecular complexity index is 1130. The van der Waals surface area contributed by atoms with Crippen LogP contribution in [-0.4, -0.2) is 35.6 Å².